The topological polar surface area (TPSA) is 106 Å². The van der Waals surface area contributed by atoms with Gasteiger partial charge in [0.2, 0.25) is 0 Å². The van der Waals surface area contributed by atoms with Gasteiger partial charge in [0.25, 0.3) is 0 Å². The summed E-state index contributed by atoms with van der Waals surface area (Å²) in [5, 5.41) is 30.7. The minimum atomic E-state index is -1.11. The molecule has 0 saturated carbocycles. The Balaban J connectivity index is 1.99. The maximum Gasteiger partial charge on any atom is 0.160 e. The third kappa shape index (κ3) is 4.03. The molecule has 2 atom stereocenters. The number of piperidine rings is 1. The predicted molar refractivity (Wildman–Crippen MR) is 110 cm³/mol. The molecule has 2 unspecified atom stereocenters. The Morgan fingerprint density at radius 3 is 2.66 bits per heavy atom. The summed E-state index contributed by atoms with van der Waals surface area (Å²) < 4.78 is 1.86. The van der Waals surface area contributed by atoms with E-state index in [2.05, 4.69) is 31.2 Å². The zero-order chi connectivity index (χ0) is 21.3. The van der Waals surface area contributed by atoms with Crippen molar-refractivity contribution < 1.29 is 15.0 Å². The lowest BCUT2D eigenvalue weighted by molar-refractivity contribution is -0.271. The summed E-state index contributed by atoms with van der Waals surface area (Å²) in [6.07, 6.45) is 2.75. The molecule has 29 heavy (non-hydrogen) atoms. The molecule has 8 heteroatoms. The van der Waals surface area contributed by atoms with Crippen LogP contribution in [0.1, 0.15) is 58.7 Å². The second-order valence-corrected chi connectivity index (χ2v) is 8.83. The molecular weight excluding hydrogens is 370 g/mol. The van der Waals surface area contributed by atoms with Crippen LogP contribution in [0, 0.1) is 5.41 Å². The quantitative estimate of drug-likeness (QED) is 0.794. The lowest BCUT2D eigenvalue weighted by Crippen LogP contribution is -2.57. The van der Waals surface area contributed by atoms with Crippen LogP contribution in [-0.4, -0.2) is 49.5 Å². The SMILES string of the molecule is CCc1nc2c(cnn2CC)c(NC2CCN(C(=O)[O-])C(C(C)(C)C)C2)c1CO. The maximum atomic E-state index is 11.6. The fraction of sp³-hybridized carbons (Fsp3) is 0.667. The van der Waals surface area contributed by atoms with Gasteiger partial charge in [-0.15, -0.1) is 0 Å². The molecule has 1 aliphatic rings. The van der Waals surface area contributed by atoms with E-state index in [-0.39, 0.29) is 24.1 Å². The van der Waals surface area contributed by atoms with E-state index in [0.29, 0.717) is 32.4 Å². The lowest BCUT2D eigenvalue weighted by Gasteiger charge is -2.47. The van der Waals surface area contributed by atoms with Gasteiger partial charge in [-0.1, -0.05) is 27.7 Å². The smallest absolute Gasteiger partial charge is 0.160 e. The number of carbonyl (C=O) groups excluding carboxylic acids is 1. The molecule has 2 aromatic rings. The van der Waals surface area contributed by atoms with Crippen molar-refractivity contribution in [2.45, 2.75) is 79.1 Å². The number of nitrogens with one attached hydrogen (secondary N) is 1. The van der Waals surface area contributed by atoms with Crippen LogP contribution in [-0.2, 0) is 19.6 Å². The normalized spacial score (nSPS) is 20.3. The van der Waals surface area contributed by atoms with Gasteiger partial charge in [0.05, 0.1) is 29.6 Å². The van der Waals surface area contributed by atoms with Crippen molar-refractivity contribution in [3.05, 3.63) is 17.5 Å². The Bertz CT molecular complexity index is 887. The third-order valence-electron chi connectivity index (χ3n) is 5.95. The van der Waals surface area contributed by atoms with Crippen LogP contribution in [0.25, 0.3) is 11.0 Å². The summed E-state index contributed by atoms with van der Waals surface area (Å²) >= 11 is 0. The highest BCUT2D eigenvalue weighted by atomic mass is 16.4. The van der Waals surface area contributed by atoms with Crippen molar-refractivity contribution in [1.82, 2.24) is 19.7 Å². The summed E-state index contributed by atoms with van der Waals surface area (Å²) in [6, 6.07) is -0.0573. The number of rotatable bonds is 5. The number of amides is 1. The van der Waals surface area contributed by atoms with Gasteiger partial charge in [0.1, 0.15) is 6.09 Å². The number of aromatic nitrogens is 3. The largest absolute Gasteiger partial charge is 0.530 e. The number of pyridine rings is 1. The average Bonchev–Trinajstić information content (AvgIpc) is 3.09. The zero-order valence-electron chi connectivity index (χ0n) is 18.0. The van der Waals surface area contributed by atoms with Gasteiger partial charge in [0.15, 0.2) is 5.65 Å². The fourth-order valence-corrected chi connectivity index (χ4v) is 4.37. The van der Waals surface area contributed by atoms with Crippen molar-refractivity contribution in [2.75, 3.05) is 11.9 Å². The van der Waals surface area contributed by atoms with Gasteiger partial charge >= 0.3 is 0 Å². The number of carbonyl (C=O) groups is 1. The molecule has 8 nitrogen and oxygen atoms in total. The van der Waals surface area contributed by atoms with Crippen molar-refractivity contribution in [1.29, 1.82) is 0 Å². The van der Waals surface area contributed by atoms with E-state index in [0.717, 1.165) is 28.0 Å². The first-order valence-electron chi connectivity index (χ1n) is 10.4. The fourth-order valence-electron chi connectivity index (χ4n) is 4.37. The van der Waals surface area contributed by atoms with Crippen LogP contribution >= 0.6 is 0 Å². The Morgan fingerprint density at radius 2 is 2.10 bits per heavy atom. The van der Waals surface area contributed by atoms with E-state index < -0.39 is 6.09 Å². The number of likely N-dealkylation sites (tertiary alicyclic amines) is 1. The van der Waals surface area contributed by atoms with E-state index in [1.807, 2.05) is 18.5 Å². The van der Waals surface area contributed by atoms with Crippen LogP contribution in [0.5, 0.6) is 0 Å². The van der Waals surface area contributed by atoms with Crippen molar-refractivity contribution in [3.8, 4) is 0 Å². The molecule has 0 bridgehead atoms. The number of aryl methyl sites for hydroxylation is 2. The van der Waals surface area contributed by atoms with Crippen molar-refractivity contribution >= 4 is 22.8 Å². The van der Waals surface area contributed by atoms with E-state index in [4.69, 9.17) is 4.98 Å². The van der Waals surface area contributed by atoms with Gasteiger partial charge in [0, 0.05) is 30.7 Å². The zero-order valence-corrected chi connectivity index (χ0v) is 18.0. The van der Waals surface area contributed by atoms with Crippen LogP contribution in [0.15, 0.2) is 6.20 Å². The number of anilines is 1. The molecule has 3 heterocycles. The van der Waals surface area contributed by atoms with Crippen LogP contribution in [0.3, 0.4) is 0 Å². The number of aliphatic hydroxyl groups excluding tert-OH is 1. The minimum absolute atomic E-state index is 0.0837. The molecule has 160 valence electrons. The molecule has 0 aliphatic carbocycles. The summed E-state index contributed by atoms with van der Waals surface area (Å²) in [6.45, 7) is 11.3. The van der Waals surface area contributed by atoms with Gasteiger partial charge in [-0.2, -0.15) is 5.10 Å². The molecule has 1 saturated heterocycles. The molecule has 1 aliphatic heterocycles. The number of fused-ring (bicyclic) bond motifs is 1. The summed E-state index contributed by atoms with van der Waals surface area (Å²) in [5.41, 5.74) is 3.13. The molecule has 0 spiro atoms. The highest BCUT2D eigenvalue weighted by molar-refractivity contribution is 5.91. The predicted octanol–water partition coefficient (Wildman–Crippen LogP) is 2.14. The highest BCUT2D eigenvalue weighted by Gasteiger charge is 2.36. The minimum Gasteiger partial charge on any atom is -0.530 e. The van der Waals surface area contributed by atoms with Crippen molar-refractivity contribution in [2.24, 2.45) is 5.41 Å². The number of nitrogens with zero attached hydrogens (tertiary/aromatic N) is 4. The summed E-state index contributed by atoms with van der Waals surface area (Å²) in [4.78, 5) is 17.8. The van der Waals surface area contributed by atoms with E-state index >= 15 is 0 Å². The molecule has 2 aromatic heterocycles. The highest BCUT2D eigenvalue weighted by Crippen LogP contribution is 2.35. The van der Waals surface area contributed by atoms with Crippen LogP contribution in [0.4, 0.5) is 10.5 Å². The van der Waals surface area contributed by atoms with Gasteiger partial charge in [-0.3, -0.25) is 0 Å². The van der Waals surface area contributed by atoms with E-state index in [1.165, 1.54) is 4.90 Å². The Kier molecular flexibility index (Phi) is 6.03. The molecule has 1 fully saturated rings. The first-order chi connectivity index (χ1) is 13.7. The Hall–Kier alpha value is -2.35. The number of hydrogen-bond acceptors (Lipinski definition) is 6. The van der Waals surface area contributed by atoms with Crippen LogP contribution in [0.2, 0.25) is 0 Å². The number of hydrogen-bond donors (Lipinski definition) is 2. The van der Waals surface area contributed by atoms with E-state index in [9.17, 15) is 15.0 Å². The summed E-state index contributed by atoms with van der Waals surface area (Å²) in [7, 11) is 0. The molecule has 1 amide bonds. The van der Waals surface area contributed by atoms with Crippen molar-refractivity contribution in [3.63, 3.8) is 0 Å². The first kappa shape index (κ1) is 21.4. The monoisotopic (exact) mass is 402 g/mol. The Labute approximate surface area is 171 Å². The number of carboxylic acid groups (broad SMARTS) is 1. The standard InChI is InChI=1S/C21H33N5O3/c1-6-16-15(12-27)18(14-11-22-26(7-2)19(14)24-16)23-13-8-9-25(20(28)29)17(10-13)21(3,4)5/h11,13,17,27H,6-10,12H2,1-5H3,(H,23,24)(H,28,29)/p-1. The maximum absolute atomic E-state index is 11.6. The third-order valence-corrected chi connectivity index (χ3v) is 5.95. The van der Waals surface area contributed by atoms with Crippen LogP contribution < -0.4 is 10.4 Å². The first-order valence-corrected chi connectivity index (χ1v) is 10.4. The molecular formula is C21H32N5O3-. The second kappa shape index (κ2) is 8.18. The number of aliphatic hydroxyl groups is 1. The average molecular weight is 403 g/mol. The molecule has 0 radical (unpaired) electrons. The lowest BCUT2D eigenvalue weighted by atomic mass is 9.79. The second-order valence-electron chi connectivity index (χ2n) is 8.83. The van der Waals surface area contributed by atoms with Gasteiger partial charge in [-0.05, 0) is 31.6 Å². The summed E-state index contributed by atoms with van der Waals surface area (Å²) in [5.74, 6) is 0. The van der Waals surface area contributed by atoms with Gasteiger partial charge < -0.3 is 25.2 Å². The molecule has 2 N–H and O–H groups in total. The molecule has 3 rings (SSSR count). The Morgan fingerprint density at radius 1 is 1.38 bits per heavy atom. The van der Waals surface area contributed by atoms with E-state index in [1.54, 1.807) is 6.20 Å². The molecule has 0 aromatic carbocycles. The van der Waals surface area contributed by atoms with Gasteiger partial charge in [-0.25, -0.2) is 9.67 Å².